The Bertz CT molecular complexity index is 906. The first-order chi connectivity index (χ1) is 12.3. The van der Waals surface area contributed by atoms with Gasteiger partial charge in [-0.3, -0.25) is 9.40 Å². The van der Waals surface area contributed by atoms with Gasteiger partial charge in [-0.15, -0.1) is 0 Å². The van der Waals surface area contributed by atoms with Crippen LogP contribution in [0.5, 0.6) is 0 Å². The molecule has 1 fully saturated rings. The van der Waals surface area contributed by atoms with Crippen LogP contribution in [0.3, 0.4) is 0 Å². The highest BCUT2D eigenvalue weighted by atomic mass is 32.2. The van der Waals surface area contributed by atoms with E-state index < -0.39 is 27.4 Å². The monoisotopic (exact) mass is 383 g/mol. The Hall–Kier alpha value is -2.46. The Morgan fingerprint density at radius 1 is 1.38 bits per heavy atom. The average molecular weight is 383 g/mol. The van der Waals surface area contributed by atoms with E-state index in [1.807, 2.05) is 0 Å². The minimum atomic E-state index is -4.06. The first kappa shape index (κ1) is 18.3. The van der Waals surface area contributed by atoms with Gasteiger partial charge in [-0.25, -0.2) is 17.6 Å². The molecule has 10 heteroatoms. The number of carbonyl (C=O) groups is 1. The zero-order valence-corrected chi connectivity index (χ0v) is 14.6. The molecule has 0 unspecified atom stereocenters. The summed E-state index contributed by atoms with van der Waals surface area (Å²) >= 11 is 0. The number of carboxylic acid groups (broad SMARTS) is 1. The number of hydrogen-bond donors (Lipinski definition) is 2. The summed E-state index contributed by atoms with van der Waals surface area (Å²) < 4.78 is 47.5. The number of aromatic carboxylic acids is 1. The molecule has 3 rings (SSSR count). The highest BCUT2D eigenvalue weighted by Crippen LogP contribution is 2.20. The molecule has 1 aliphatic heterocycles. The van der Waals surface area contributed by atoms with E-state index in [4.69, 9.17) is 9.84 Å². The molecule has 1 saturated heterocycles. The molecule has 0 aliphatic carbocycles. The van der Waals surface area contributed by atoms with Crippen molar-refractivity contribution >= 4 is 21.7 Å². The van der Waals surface area contributed by atoms with Crippen LogP contribution in [0.4, 0.5) is 10.1 Å². The van der Waals surface area contributed by atoms with Crippen molar-refractivity contribution in [2.24, 2.45) is 5.92 Å². The van der Waals surface area contributed by atoms with Gasteiger partial charge >= 0.3 is 5.97 Å². The second kappa shape index (κ2) is 7.42. The quantitative estimate of drug-likeness (QED) is 0.789. The van der Waals surface area contributed by atoms with Crippen LogP contribution in [-0.4, -0.2) is 42.5 Å². The number of hydrogen-bond acceptors (Lipinski definition) is 5. The van der Waals surface area contributed by atoms with Gasteiger partial charge in [0.15, 0.2) is 0 Å². The Kier molecular flexibility index (Phi) is 5.23. The van der Waals surface area contributed by atoms with Crippen molar-refractivity contribution in [2.75, 3.05) is 17.9 Å². The summed E-state index contributed by atoms with van der Waals surface area (Å²) in [5.74, 6) is -2.12. The van der Waals surface area contributed by atoms with Crippen molar-refractivity contribution in [1.82, 2.24) is 9.78 Å². The fourth-order valence-corrected chi connectivity index (χ4v) is 3.81. The molecule has 0 saturated carbocycles. The molecule has 8 nitrogen and oxygen atoms in total. The van der Waals surface area contributed by atoms with Gasteiger partial charge < -0.3 is 9.84 Å². The molecule has 26 heavy (non-hydrogen) atoms. The van der Waals surface area contributed by atoms with E-state index >= 15 is 0 Å². The van der Waals surface area contributed by atoms with E-state index in [-0.39, 0.29) is 10.6 Å². The highest BCUT2D eigenvalue weighted by molar-refractivity contribution is 7.92. The third-order valence-electron chi connectivity index (χ3n) is 4.15. The summed E-state index contributed by atoms with van der Waals surface area (Å²) in [6, 6.07) is 2.61. The number of halogens is 1. The van der Waals surface area contributed by atoms with Crippen molar-refractivity contribution in [2.45, 2.75) is 24.3 Å². The summed E-state index contributed by atoms with van der Waals surface area (Å²) in [5.41, 5.74) is -0.457. The zero-order chi connectivity index (χ0) is 18.7. The maximum absolute atomic E-state index is 13.4. The Balaban J connectivity index is 1.73. The van der Waals surface area contributed by atoms with Crippen molar-refractivity contribution in [1.29, 1.82) is 0 Å². The second-order valence-corrected chi connectivity index (χ2v) is 7.74. The van der Waals surface area contributed by atoms with Gasteiger partial charge in [-0.1, -0.05) is 0 Å². The van der Waals surface area contributed by atoms with E-state index in [0.717, 1.165) is 31.0 Å². The first-order valence-electron chi connectivity index (χ1n) is 8.01. The van der Waals surface area contributed by atoms with Gasteiger partial charge in [0.25, 0.3) is 10.0 Å². The summed E-state index contributed by atoms with van der Waals surface area (Å²) in [7, 11) is -4.06. The molecule has 0 amide bonds. The highest BCUT2D eigenvalue weighted by Gasteiger charge is 2.20. The average Bonchev–Trinajstić information content (AvgIpc) is 3.01. The van der Waals surface area contributed by atoms with E-state index in [1.165, 1.54) is 6.20 Å². The molecular formula is C16H18FN3O5S. The van der Waals surface area contributed by atoms with Crippen LogP contribution >= 0.6 is 0 Å². The first-order valence-corrected chi connectivity index (χ1v) is 9.49. The minimum absolute atomic E-state index is 0.248. The number of carboxylic acids is 1. The lowest BCUT2D eigenvalue weighted by Crippen LogP contribution is -2.20. The molecule has 1 aromatic carbocycles. The van der Waals surface area contributed by atoms with E-state index in [1.54, 1.807) is 10.9 Å². The number of ether oxygens (including phenoxy) is 1. The maximum Gasteiger partial charge on any atom is 0.338 e. The van der Waals surface area contributed by atoms with Crippen molar-refractivity contribution in [3.8, 4) is 0 Å². The number of aromatic nitrogens is 2. The molecule has 0 bridgehead atoms. The lowest BCUT2D eigenvalue weighted by Gasteiger charge is -2.21. The summed E-state index contributed by atoms with van der Waals surface area (Å²) in [6.07, 6.45) is 4.79. The van der Waals surface area contributed by atoms with E-state index in [0.29, 0.717) is 25.7 Å². The maximum atomic E-state index is 13.4. The molecule has 0 radical (unpaired) electrons. The number of anilines is 1. The number of nitrogens with one attached hydrogen (secondary N) is 1. The van der Waals surface area contributed by atoms with E-state index in [2.05, 4.69) is 9.82 Å². The SMILES string of the molecule is O=C(O)c1cc(S(=O)(=O)Nc2cnn(CC3CCOCC3)c2)ccc1F. The van der Waals surface area contributed by atoms with Crippen LogP contribution in [-0.2, 0) is 21.3 Å². The van der Waals surface area contributed by atoms with Crippen LogP contribution in [0.2, 0.25) is 0 Å². The Morgan fingerprint density at radius 3 is 2.81 bits per heavy atom. The lowest BCUT2D eigenvalue weighted by atomic mass is 10.0. The summed E-state index contributed by atoms with van der Waals surface area (Å²) in [5, 5.41) is 13.1. The largest absolute Gasteiger partial charge is 0.478 e. The molecule has 0 spiro atoms. The second-order valence-electron chi connectivity index (χ2n) is 6.06. The van der Waals surface area contributed by atoms with Crippen LogP contribution in [0.25, 0.3) is 0 Å². The lowest BCUT2D eigenvalue weighted by molar-refractivity contribution is 0.0601. The van der Waals surface area contributed by atoms with E-state index in [9.17, 15) is 17.6 Å². The predicted molar refractivity (Wildman–Crippen MR) is 89.9 cm³/mol. The fourth-order valence-electron chi connectivity index (χ4n) is 2.76. The molecular weight excluding hydrogens is 365 g/mol. The number of nitrogens with zero attached hydrogens (tertiary/aromatic N) is 2. The van der Waals surface area contributed by atoms with Crippen LogP contribution in [0, 0.1) is 11.7 Å². The van der Waals surface area contributed by atoms with Gasteiger partial charge in [-0.2, -0.15) is 5.10 Å². The molecule has 1 aromatic heterocycles. The Labute approximate surface area is 149 Å². The van der Waals surface area contributed by atoms with Crippen molar-refractivity contribution in [3.05, 3.63) is 42.0 Å². The molecule has 140 valence electrons. The van der Waals surface area contributed by atoms with Crippen molar-refractivity contribution in [3.63, 3.8) is 0 Å². The minimum Gasteiger partial charge on any atom is -0.478 e. The third kappa shape index (κ3) is 4.20. The number of rotatable bonds is 6. The Morgan fingerprint density at radius 2 is 2.12 bits per heavy atom. The molecule has 2 heterocycles. The smallest absolute Gasteiger partial charge is 0.338 e. The standard InChI is InChI=1S/C16H18FN3O5S/c17-15-2-1-13(7-14(15)16(21)22)26(23,24)19-12-8-18-20(10-12)9-11-3-5-25-6-4-11/h1-2,7-8,10-11,19H,3-6,9H2,(H,21,22). The van der Waals surface area contributed by atoms with Gasteiger partial charge in [-0.05, 0) is 37.0 Å². The van der Waals surface area contributed by atoms with Crippen LogP contribution in [0.15, 0.2) is 35.5 Å². The summed E-state index contributed by atoms with van der Waals surface area (Å²) in [6.45, 7) is 2.08. The van der Waals surface area contributed by atoms with Crippen LogP contribution in [0.1, 0.15) is 23.2 Å². The molecule has 2 aromatic rings. The zero-order valence-electron chi connectivity index (χ0n) is 13.8. The fraction of sp³-hybridized carbons (Fsp3) is 0.375. The van der Waals surface area contributed by atoms with Crippen LogP contribution < -0.4 is 4.72 Å². The van der Waals surface area contributed by atoms with Gasteiger partial charge in [0.1, 0.15) is 5.82 Å². The number of benzene rings is 1. The van der Waals surface area contributed by atoms with Gasteiger partial charge in [0, 0.05) is 26.0 Å². The van der Waals surface area contributed by atoms with Crippen molar-refractivity contribution < 1.29 is 27.4 Å². The van der Waals surface area contributed by atoms with Gasteiger partial charge in [0.2, 0.25) is 0 Å². The molecule has 1 aliphatic rings. The predicted octanol–water partition coefficient (Wildman–Crippen LogP) is 1.95. The molecule has 0 atom stereocenters. The molecule has 2 N–H and O–H groups in total. The number of sulfonamides is 1. The summed E-state index contributed by atoms with van der Waals surface area (Å²) in [4.78, 5) is 10.6. The topological polar surface area (TPSA) is 111 Å². The third-order valence-corrected chi connectivity index (χ3v) is 5.53. The van der Waals surface area contributed by atoms with Gasteiger partial charge in [0.05, 0.1) is 22.3 Å². The normalized spacial score (nSPS) is 15.7.